The fourth-order valence-corrected chi connectivity index (χ4v) is 4.97. The fourth-order valence-electron chi connectivity index (χ4n) is 4.97. The number of amides is 2. The molecule has 2 aromatic heterocycles. The van der Waals surface area contributed by atoms with Crippen LogP contribution in [0.3, 0.4) is 0 Å². The van der Waals surface area contributed by atoms with E-state index in [4.69, 9.17) is 4.52 Å². The van der Waals surface area contributed by atoms with Crippen LogP contribution in [0, 0.1) is 5.92 Å². The van der Waals surface area contributed by atoms with Crippen LogP contribution in [0.4, 0.5) is 4.79 Å². The summed E-state index contributed by atoms with van der Waals surface area (Å²) >= 11 is 0. The summed E-state index contributed by atoms with van der Waals surface area (Å²) in [6.45, 7) is 1.41. The first-order valence-electron chi connectivity index (χ1n) is 11.9. The van der Waals surface area contributed by atoms with Crippen LogP contribution in [-0.2, 0) is 0 Å². The van der Waals surface area contributed by atoms with Gasteiger partial charge in [0.25, 0.3) is 0 Å². The summed E-state index contributed by atoms with van der Waals surface area (Å²) in [4.78, 5) is 28.5. The van der Waals surface area contributed by atoms with Gasteiger partial charge in [0.1, 0.15) is 0 Å². The number of piperidine rings is 1. The molecule has 0 aromatic carbocycles. The normalized spacial score (nSPS) is 21.7. The topological polar surface area (TPSA) is 97.0 Å². The van der Waals surface area contributed by atoms with Gasteiger partial charge in [0.05, 0.1) is 6.04 Å². The summed E-state index contributed by atoms with van der Waals surface area (Å²) in [7, 11) is 0. The van der Waals surface area contributed by atoms with Gasteiger partial charge in [0.15, 0.2) is 11.6 Å². The minimum Gasteiger partial charge on any atom is -0.339 e. The van der Waals surface area contributed by atoms with Gasteiger partial charge in [-0.1, -0.05) is 37.3 Å². The van der Waals surface area contributed by atoms with E-state index >= 15 is 0 Å². The molecule has 0 bridgehead atoms. The highest BCUT2D eigenvalue weighted by molar-refractivity contribution is 5.74. The first kappa shape index (κ1) is 20.4. The zero-order valence-electron chi connectivity index (χ0n) is 18.1. The Bertz CT molecular complexity index is 854. The van der Waals surface area contributed by atoms with Gasteiger partial charge in [-0.25, -0.2) is 14.8 Å². The number of carbonyl (C=O) groups is 1. The van der Waals surface area contributed by atoms with Crippen LogP contribution in [0.1, 0.15) is 99.6 Å². The van der Waals surface area contributed by atoms with E-state index in [1.807, 2.05) is 11.0 Å². The predicted molar refractivity (Wildman–Crippen MR) is 114 cm³/mol. The standard InChI is InChI=1S/C23H32N6O2/c30-23(26-19(21-24-11-4-12-25-21)15-16-5-2-1-3-6-16)29-13-9-17(10-14-29)20-27-22(31-28-20)18-7-8-18/h4,11-12,16-19H,1-3,5-10,13-15H2,(H,26,30). The van der Waals surface area contributed by atoms with E-state index in [2.05, 4.69) is 25.4 Å². The molecule has 8 nitrogen and oxygen atoms in total. The highest BCUT2D eigenvalue weighted by atomic mass is 16.5. The van der Waals surface area contributed by atoms with Crippen LogP contribution in [0.25, 0.3) is 0 Å². The van der Waals surface area contributed by atoms with Crippen LogP contribution in [0.2, 0.25) is 0 Å². The molecule has 2 saturated carbocycles. The summed E-state index contributed by atoms with van der Waals surface area (Å²) in [5.41, 5.74) is 0. The average Bonchev–Trinajstić information content (AvgIpc) is 3.56. The maximum atomic E-state index is 13.1. The quantitative estimate of drug-likeness (QED) is 0.741. The fraction of sp³-hybridized carbons (Fsp3) is 0.696. The second-order valence-corrected chi connectivity index (χ2v) is 9.38. The summed E-state index contributed by atoms with van der Waals surface area (Å²) < 4.78 is 5.42. The first-order chi connectivity index (χ1) is 15.3. The number of likely N-dealkylation sites (tertiary alicyclic amines) is 1. The molecule has 1 N–H and O–H groups in total. The summed E-state index contributed by atoms with van der Waals surface area (Å²) in [5.74, 6) is 3.71. The van der Waals surface area contributed by atoms with E-state index in [1.165, 1.54) is 32.1 Å². The Hall–Kier alpha value is -2.51. The van der Waals surface area contributed by atoms with Crippen molar-refractivity contribution in [2.24, 2.45) is 5.92 Å². The molecule has 2 aliphatic carbocycles. The van der Waals surface area contributed by atoms with Gasteiger partial charge >= 0.3 is 6.03 Å². The zero-order chi connectivity index (χ0) is 21.0. The molecule has 3 fully saturated rings. The lowest BCUT2D eigenvalue weighted by Gasteiger charge is -2.33. The van der Waals surface area contributed by atoms with Crippen molar-refractivity contribution < 1.29 is 9.32 Å². The molecule has 3 aliphatic rings. The first-order valence-corrected chi connectivity index (χ1v) is 11.9. The number of nitrogens with one attached hydrogen (secondary N) is 1. The highest BCUT2D eigenvalue weighted by Gasteiger charge is 2.33. The number of rotatable bonds is 6. The number of hydrogen-bond acceptors (Lipinski definition) is 6. The van der Waals surface area contributed by atoms with Gasteiger partial charge in [-0.3, -0.25) is 0 Å². The molecular weight excluding hydrogens is 392 g/mol. The van der Waals surface area contributed by atoms with Crippen LogP contribution in [-0.4, -0.2) is 44.1 Å². The van der Waals surface area contributed by atoms with Crippen molar-refractivity contribution in [1.29, 1.82) is 0 Å². The third-order valence-corrected chi connectivity index (χ3v) is 7.02. The molecule has 166 valence electrons. The Balaban J connectivity index is 1.18. The smallest absolute Gasteiger partial charge is 0.317 e. The Kier molecular flexibility index (Phi) is 6.13. The molecule has 2 amide bonds. The van der Waals surface area contributed by atoms with Crippen molar-refractivity contribution in [1.82, 2.24) is 30.3 Å². The Morgan fingerprint density at radius 2 is 1.77 bits per heavy atom. The van der Waals surface area contributed by atoms with Crippen molar-refractivity contribution in [3.8, 4) is 0 Å². The number of hydrogen-bond donors (Lipinski definition) is 1. The van der Waals surface area contributed by atoms with E-state index in [0.29, 0.717) is 24.9 Å². The molecule has 1 aliphatic heterocycles. The molecule has 5 rings (SSSR count). The third-order valence-electron chi connectivity index (χ3n) is 7.02. The van der Waals surface area contributed by atoms with Gasteiger partial charge < -0.3 is 14.7 Å². The summed E-state index contributed by atoms with van der Waals surface area (Å²) in [6.07, 6.45) is 14.9. The summed E-state index contributed by atoms with van der Waals surface area (Å²) in [5, 5.41) is 7.45. The lowest BCUT2D eigenvalue weighted by atomic mass is 9.84. The molecule has 3 heterocycles. The van der Waals surface area contributed by atoms with Gasteiger partial charge in [-0.2, -0.15) is 4.98 Å². The minimum absolute atomic E-state index is 0.0153. The molecule has 0 radical (unpaired) electrons. The van der Waals surface area contributed by atoms with Crippen LogP contribution < -0.4 is 5.32 Å². The lowest BCUT2D eigenvalue weighted by Crippen LogP contribution is -2.46. The van der Waals surface area contributed by atoms with E-state index in [0.717, 1.165) is 49.6 Å². The van der Waals surface area contributed by atoms with Crippen molar-refractivity contribution >= 4 is 6.03 Å². The van der Waals surface area contributed by atoms with E-state index in [-0.39, 0.29) is 18.0 Å². The highest BCUT2D eigenvalue weighted by Crippen LogP contribution is 2.40. The monoisotopic (exact) mass is 424 g/mol. The van der Waals surface area contributed by atoms with Gasteiger partial charge in [0.2, 0.25) is 5.89 Å². The average molecular weight is 425 g/mol. The molecule has 8 heteroatoms. The van der Waals surface area contributed by atoms with Gasteiger partial charge in [-0.15, -0.1) is 0 Å². The van der Waals surface area contributed by atoms with Crippen molar-refractivity contribution in [3.05, 3.63) is 36.0 Å². The zero-order valence-corrected chi connectivity index (χ0v) is 18.1. The number of aromatic nitrogens is 4. The van der Waals surface area contributed by atoms with Crippen LogP contribution in [0.15, 0.2) is 23.0 Å². The Morgan fingerprint density at radius 3 is 2.48 bits per heavy atom. The second kappa shape index (κ2) is 9.32. The molecule has 1 unspecified atom stereocenters. The van der Waals surface area contributed by atoms with E-state index in [1.54, 1.807) is 12.4 Å². The van der Waals surface area contributed by atoms with Crippen LogP contribution >= 0.6 is 0 Å². The van der Waals surface area contributed by atoms with Crippen molar-refractivity contribution in [3.63, 3.8) is 0 Å². The van der Waals surface area contributed by atoms with E-state index < -0.39 is 0 Å². The third kappa shape index (κ3) is 5.05. The molecule has 2 aromatic rings. The molecule has 31 heavy (non-hydrogen) atoms. The SMILES string of the molecule is O=C(NC(CC1CCCCC1)c1ncccn1)N1CCC(c2noc(C3CC3)n2)CC1. The van der Waals surface area contributed by atoms with E-state index in [9.17, 15) is 4.79 Å². The maximum Gasteiger partial charge on any atom is 0.317 e. The van der Waals surface area contributed by atoms with Gasteiger partial charge in [-0.05, 0) is 44.1 Å². The Labute approximate surface area is 183 Å². The molecular formula is C23H32N6O2. The maximum absolute atomic E-state index is 13.1. The second-order valence-electron chi connectivity index (χ2n) is 9.38. The predicted octanol–water partition coefficient (Wildman–Crippen LogP) is 4.34. The number of nitrogens with zero attached hydrogens (tertiary/aromatic N) is 5. The Morgan fingerprint density at radius 1 is 1.03 bits per heavy atom. The molecule has 0 spiro atoms. The molecule has 1 atom stereocenters. The lowest BCUT2D eigenvalue weighted by molar-refractivity contribution is 0.172. The summed E-state index contributed by atoms with van der Waals surface area (Å²) in [6, 6.07) is 1.67. The molecule has 1 saturated heterocycles. The van der Waals surface area contributed by atoms with Crippen molar-refractivity contribution in [2.45, 2.75) is 82.1 Å². The van der Waals surface area contributed by atoms with Gasteiger partial charge in [0, 0.05) is 37.3 Å². The number of urea groups is 1. The van der Waals surface area contributed by atoms with Crippen molar-refractivity contribution in [2.75, 3.05) is 13.1 Å². The number of carbonyl (C=O) groups excluding carboxylic acids is 1. The van der Waals surface area contributed by atoms with Crippen LogP contribution in [0.5, 0.6) is 0 Å². The minimum atomic E-state index is -0.132. The largest absolute Gasteiger partial charge is 0.339 e.